The highest BCUT2D eigenvalue weighted by Crippen LogP contribution is 2.21. The average Bonchev–Trinajstić information content (AvgIpc) is 2.91. The summed E-state index contributed by atoms with van der Waals surface area (Å²) in [6, 6.07) is 10.0. The van der Waals surface area contributed by atoms with E-state index < -0.39 is 18.1 Å². The zero-order valence-electron chi connectivity index (χ0n) is 11.5. The number of rotatable bonds is 6. The molecule has 0 aliphatic carbocycles. The number of aliphatic carboxylic acids is 1. The molecule has 7 heteroatoms. The number of carbonyl (C=O) groups excluding carboxylic acids is 1. The number of carboxylic acids is 1. The van der Waals surface area contributed by atoms with E-state index in [9.17, 15) is 14.7 Å². The van der Waals surface area contributed by atoms with Gasteiger partial charge in [0.05, 0.1) is 0 Å². The number of carboxylic acid groups (broad SMARTS) is 1. The molecular formula is C15H14BrNO4S. The summed E-state index contributed by atoms with van der Waals surface area (Å²) in [6.07, 6.45) is -0.529. The number of ether oxygens (including phenoxy) is 1. The average molecular weight is 384 g/mol. The second-order valence-corrected chi connectivity index (χ2v) is 6.44. The van der Waals surface area contributed by atoms with Crippen molar-refractivity contribution in [3.63, 3.8) is 0 Å². The van der Waals surface area contributed by atoms with Gasteiger partial charge in [-0.05, 0) is 27.6 Å². The third kappa shape index (κ3) is 5.16. The van der Waals surface area contributed by atoms with Gasteiger partial charge in [0.25, 0.3) is 0 Å². The first-order chi connectivity index (χ1) is 10.5. The minimum atomic E-state index is -1.10. The van der Waals surface area contributed by atoms with E-state index in [0.717, 1.165) is 14.9 Å². The van der Waals surface area contributed by atoms with Crippen LogP contribution in [-0.2, 0) is 22.6 Å². The molecule has 0 saturated carbocycles. The van der Waals surface area contributed by atoms with Gasteiger partial charge in [-0.15, -0.1) is 11.3 Å². The summed E-state index contributed by atoms with van der Waals surface area (Å²) in [5.41, 5.74) is 0.840. The van der Waals surface area contributed by atoms with Gasteiger partial charge in [0, 0.05) is 21.2 Å². The lowest BCUT2D eigenvalue weighted by molar-refractivity contribution is -0.139. The van der Waals surface area contributed by atoms with Crippen molar-refractivity contribution in [2.45, 2.75) is 19.1 Å². The van der Waals surface area contributed by atoms with Gasteiger partial charge in [0.2, 0.25) is 0 Å². The van der Waals surface area contributed by atoms with Crippen molar-refractivity contribution in [3.8, 4) is 0 Å². The van der Waals surface area contributed by atoms with E-state index in [2.05, 4.69) is 21.2 Å². The zero-order chi connectivity index (χ0) is 15.9. The van der Waals surface area contributed by atoms with E-state index in [1.807, 2.05) is 41.8 Å². The van der Waals surface area contributed by atoms with Gasteiger partial charge in [-0.3, -0.25) is 0 Å². The summed E-state index contributed by atoms with van der Waals surface area (Å²) in [6.45, 7) is 0.101. The quantitative estimate of drug-likeness (QED) is 0.800. The fraction of sp³-hybridized carbons (Fsp3) is 0.200. The number of hydrogen-bond acceptors (Lipinski definition) is 4. The Morgan fingerprint density at radius 2 is 2.05 bits per heavy atom. The van der Waals surface area contributed by atoms with Gasteiger partial charge >= 0.3 is 12.1 Å². The predicted molar refractivity (Wildman–Crippen MR) is 86.9 cm³/mol. The van der Waals surface area contributed by atoms with Crippen LogP contribution in [0.1, 0.15) is 10.4 Å². The Kier molecular flexibility index (Phi) is 5.97. The topological polar surface area (TPSA) is 75.6 Å². The molecule has 1 atom stereocenters. The van der Waals surface area contributed by atoms with E-state index in [4.69, 9.17) is 4.74 Å². The minimum absolute atomic E-state index is 0.101. The third-order valence-corrected chi connectivity index (χ3v) is 4.55. The molecule has 1 aromatic carbocycles. The minimum Gasteiger partial charge on any atom is -0.480 e. The van der Waals surface area contributed by atoms with Crippen LogP contribution >= 0.6 is 27.3 Å². The van der Waals surface area contributed by atoms with Crippen molar-refractivity contribution in [3.05, 3.63) is 56.7 Å². The maximum atomic E-state index is 11.7. The predicted octanol–water partition coefficient (Wildman–Crippen LogP) is 3.43. The van der Waals surface area contributed by atoms with E-state index in [1.54, 1.807) is 0 Å². The zero-order valence-corrected chi connectivity index (χ0v) is 13.9. The molecule has 0 radical (unpaired) electrons. The maximum Gasteiger partial charge on any atom is 0.408 e. The van der Waals surface area contributed by atoms with E-state index in [1.165, 1.54) is 11.3 Å². The lowest BCUT2D eigenvalue weighted by Crippen LogP contribution is -2.42. The van der Waals surface area contributed by atoms with Crippen molar-refractivity contribution in [2.24, 2.45) is 0 Å². The number of amides is 1. The van der Waals surface area contributed by atoms with Gasteiger partial charge in [0.15, 0.2) is 0 Å². The summed E-state index contributed by atoms with van der Waals surface area (Å²) in [7, 11) is 0. The van der Waals surface area contributed by atoms with Crippen LogP contribution in [0.25, 0.3) is 0 Å². The molecule has 0 fully saturated rings. The first-order valence-corrected chi connectivity index (χ1v) is 8.15. The fourth-order valence-corrected chi connectivity index (χ4v) is 3.27. The van der Waals surface area contributed by atoms with Crippen LogP contribution in [0.4, 0.5) is 4.79 Å². The summed E-state index contributed by atoms with van der Waals surface area (Å²) < 4.78 is 5.92. The second kappa shape index (κ2) is 7.95. The number of benzene rings is 1. The summed E-state index contributed by atoms with van der Waals surface area (Å²) in [4.78, 5) is 23.8. The third-order valence-electron chi connectivity index (χ3n) is 2.83. The maximum absolute atomic E-state index is 11.7. The number of nitrogens with one attached hydrogen (secondary N) is 1. The molecule has 1 aromatic heterocycles. The van der Waals surface area contributed by atoms with Crippen LogP contribution < -0.4 is 5.32 Å². The normalized spacial score (nSPS) is 11.7. The molecular weight excluding hydrogens is 370 g/mol. The first kappa shape index (κ1) is 16.5. The standard InChI is InChI=1S/C15H14BrNO4S/c16-11-6-12(22-9-11)7-13(14(18)19)17-15(20)21-8-10-4-2-1-3-5-10/h1-6,9,13H,7-8H2,(H,17,20)(H,18,19). The number of hydrogen-bond donors (Lipinski definition) is 2. The largest absolute Gasteiger partial charge is 0.480 e. The van der Waals surface area contributed by atoms with Crippen molar-refractivity contribution in [1.82, 2.24) is 5.32 Å². The molecule has 0 aliphatic heterocycles. The van der Waals surface area contributed by atoms with Crippen LogP contribution in [0.5, 0.6) is 0 Å². The van der Waals surface area contributed by atoms with Gasteiger partial charge in [-0.25, -0.2) is 9.59 Å². The van der Waals surface area contributed by atoms with Crippen LogP contribution in [-0.4, -0.2) is 23.2 Å². The molecule has 1 amide bonds. The lowest BCUT2D eigenvalue weighted by Gasteiger charge is -2.13. The Bertz CT molecular complexity index is 644. The number of alkyl carbamates (subject to hydrolysis) is 1. The molecule has 1 heterocycles. The molecule has 1 unspecified atom stereocenters. The van der Waals surface area contributed by atoms with E-state index in [0.29, 0.717) is 0 Å². The van der Waals surface area contributed by atoms with Crippen molar-refractivity contribution in [1.29, 1.82) is 0 Å². The number of thiophene rings is 1. The molecule has 2 N–H and O–H groups in total. The molecule has 2 aromatic rings. The Morgan fingerprint density at radius 3 is 2.64 bits per heavy atom. The molecule has 0 saturated heterocycles. The molecule has 22 heavy (non-hydrogen) atoms. The van der Waals surface area contributed by atoms with E-state index >= 15 is 0 Å². The van der Waals surface area contributed by atoms with Crippen LogP contribution in [0, 0.1) is 0 Å². The highest BCUT2D eigenvalue weighted by atomic mass is 79.9. The number of carbonyl (C=O) groups is 2. The SMILES string of the molecule is O=C(NC(Cc1cc(Br)cs1)C(=O)O)OCc1ccccc1. The van der Waals surface area contributed by atoms with Crippen LogP contribution in [0.15, 0.2) is 46.3 Å². The Balaban J connectivity index is 1.87. The smallest absolute Gasteiger partial charge is 0.408 e. The summed E-state index contributed by atoms with van der Waals surface area (Å²) >= 11 is 4.74. The molecule has 2 rings (SSSR count). The van der Waals surface area contributed by atoms with Crippen molar-refractivity contribution < 1.29 is 19.4 Å². The first-order valence-electron chi connectivity index (χ1n) is 6.47. The van der Waals surface area contributed by atoms with Gasteiger partial charge in [-0.1, -0.05) is 30.3 Å². The highest BCUT2D eigenvalue weighted by molar-refractivity contribution is 9.10. The van der Waals surface area contributed by atoms with Crippen LogP contribution in [0.3, 0.4) is 0 Å². The van der Waals surface area contributed by atoms with Gasteiger partial charge < -0.3 is 15.2 Å². The molecule has 0 bridgehead atoms. The monoisotopic (exact) mass is 383 g/mol. The van der Waals surface area contributed by atoms with Gasteiger partial charge in [-0.2, -0.15) is 0 Å². The Labute approximate surface area is 140 Å². The van der Waals surface area contributed by atoms with Crippen molar-refractivity contribution >= 4 is 39.3 Å². The fourth-order valence-electron chi connectivity index (χ4n) is 1.77. The second-order valence-electron chi connectivity index (χ2n) is 4.53. The molecule has 0 aliphatic rings. The van der Waals surface area contributed by atoms with Crippen molar-refractivity contribution in [2.75, 3.05) is 0 Å². The van der Waals surface area contributed by atoms with Gasteiger partial charge in [0.1, 0.15) is 12.6 Å². The van der Waals surface area contributed by atoms with Crippen LogP contribution in [0.2, 0.25) is 0 Å². The van der Waals surface area contributed by atoms with E-state index in [-0.39, 0.29) is 13.0 Å². The Morgan fingerprint density at radius 1 is 1.32 bits per heavy atom. The molecule has 5 nitrogen and oxygen atoms in total. The summed E-state index contributed by atoms with van der Waals surface area (Å²) in [5, 5.41) is 13.4. The Hall–Kier alpha value is -1.86. The molecule has 116 valence electrons. The summed E-state index contributed by atoms with van der Waals surface area (Å²) in [5.74, 6) is -1.10. The highest BCUT2D eigenvalue weighted by Gasteiger charge is 2.21. The lowest BCUT2D eigenvalue weighted by atomic mass is 10.2. The number of halogens is 1. The molecule has 0 spiro atoms.